The average Bonchev–Trinajstić information content (AvgIpc) is 2.96. The monoisotopic (exact) mass is 291 g/mol. The van der Waals surface area contributed by atoms with Crippen molar-refractivity contribution in [2.75, 3.05) is 7.11 Å². The first-order valence-electron chi connectivity index (χ1n) is 5.78. The number of benzene rings is 1. The number of carbonyl (C=O) groups is 1. The summed E-state index contributed by atoms with van der Waals surface area (Å²) in [6, 6.07) is 5.22. The Morgan fingerprint density at radius 1 is 1.45 bits per heavy atom. The van der Waals surface area contributed by atoms with E-state index in [9.17, 15) is 4.79 Å². The van der Waals surface area contributed by atoms with Gasteiger partial charge in [0.15, 0.2) is 11.5 Å². The van der Waals surface area contributed by atoms with Gasteiger partial charge >= 0.3 is 5.97 Å². The predicted molar refractivity (Wildman–Crippen MR) is 76.1 cm³/mol. The van der Waals surface area contributed by atoms with E-state index in [1.807, 2.05) is 5.38 Å². The Morgan fingerprint density at radius 3 is 2.95 bits per heavy atom. The standard InChI is InChI=1S/C14H13NO4S/c1-18-13-6-10(3-5-14(16)17)2-4-12(13)19-7-11-8-20-9-15-11/h2-6,8-9H,7H2,1H3,(H,16,17)/b5-3+. The van der Waals surface area contributed by atoms with Crippen LogP contribution in [0.5, 0.6) is 11.5 Å². The van der Waals surface area contributed by atoms with E-state index in [0.29, 0.717) is 18.1 Å². The molecule has 0 fully saturated rings. The van der Waals surface area contributed by atoms with Crippen LogP contribution in [0.1, 0.15) is 11.3 Å². The molecule has 5 nitrogen and oxygen atoms in total. The third-order valence-electron chi connectivity index (χ3n) is 2.47. The molecule has 0 saturated carbocycles. The lowest BCUT2D eigenvalue weighted by molar-refractivity contribution is -0.131. The molecule has 1 N–H and O–H groups in total. The minimum absolute atomic E-state index is 0.365. The van der Waals surface area contributed by atoms with Gasteiger partial charge in [0.25, 0.3) is 0 Å². The fraction of sp³-hybridized carbons (Fsp3) is 0.143. The van der Waals surface area contributed by atoms with E-state index in [1.54, 1.807) is 23.7 Å². The summed E-state index contributed by atoms with van der Waals surface area (Å²) >= 11 is 1.51. The van der Waals surface area contributed by atoms with Crippen molar-refractivity contribution in [1.29, 1.82) is 0 Å². The molecule has 0 saturated heterocycles. The summed E-state index contributed by atoms with van der Waals surface area (Å²) in [7, 11) is 1.54. The second-order valence-electron chi connectivity index (χ2n) is 3.85. The number of aliphatic carboxylic acids is 1. The molecule has 1 aromatic carbocycles. The van der Waals surface area contributed by atoms with Gasteiger partial charge in [0.05, 0.1) is 18.3 Å². The van der Waals surface area contributed by atoms with Crippen molar-refractivity contribution in [2.45, 2.75) is 6.61 Å². The number of aromatic nitrogens is 1. The number of thiazole rings is 1. The summed E-state index contributed by atoms with van der Waals surface area (Å²) in [6.07, 6.45) is 2.57. The summed E-state index contributed by atoms with van der Waals surface area (Å²) in [5.41, 5.74) is 3.33. The maximum Gasteiger partial charge on any atom is 0.328 e. The van der Waals surface area contributed by atoms with Gasteiger partial charge in [-0.1, -0.05) is 6.07 Å². The molecule has 0 aliphatic rings. The lowest BCUT2D eigenvalue weighted by atomic mass is 10.2. The second-order valence-corrected chi connectivity index (χ2v) is 4.57. The zero-order chi connectivity index (χ0) is 14.4. The first-order chi connectivity index (χ1) is 9.69. The van der Waals surface area contributed by atoms with Gasteiger partial charge in [-0.3, -0.25) is 0 Å². The molecule has 0 spiro atoms. The Morgan fingerprint density at radius 2 is 2.30 bits per heavy atom. The Balaban J connectivity index is 2.11. The number of carboxylic acid groups (broad SMARTS) is 1. The highest BCUT2D eigenvalue weighted by molar-refractivity contribution is 7.07. The maximum atomic E-state index is 10.5. The van der Waals surface area contributed by atoms with E-state index >= 15 is 0 Å². The van der Waals surface area contributed by atoms with Gasteiger partial charge in [0.2, 0.25) is 0 Å². The first kappa shape index (κ1) is 14.1. The van der Waals surface area contributed by atoms with Crippen LogP contribution in [-0.2, 0) is 11.4 Å². The van der Waals surface area contributed by atoms with E-state index in [4.69, 9.17) is 14.6 Å². The molecule has 0 bridgehead atoms. The molecular formula is C14H13NO4S. The molecular weight excluding hydrogens is 278 g/mol. The minimum atomic E-state index is -0.993. The predicted octanol–water partition coefficient (Wildman–Crippen LogP) is 2.83. The van der Waals surface area contributed by atoms with Crippen LogP contribution in [0.25, 0.3) is 6.08 Å². The third kappa shape index (κ3) is 3.83. The third-order valence-corrected chi connectivity index (χ3v) is 3.10. The van der Waals surface area contributed by atoms with Crippen molar-refractivity contribution >= 4 is 23.4 Å². The maximum absolute atomic E-state index is 10.5. The van der Waals surface area contributed by atoms with Crippen LogP contribution in [0.2, 0.25) is 0 Å². The van der Waals surface area contributed by atoms with Crippen molar-refractivity contribution < 1.29 is 19.4 Å². The molecule has 2 aromatic rings. The van der Waals surface area contributed by atoms with E-state index in [-0.39, 0.29) is 0 Å². The largest absolute Gasteiger partial charge is 0.493 e. The number of carboxylic acids is 1. The van der Waals surface area contributed by atoms with Gasteiger partial charge < -0.3 is 14.6 Å². The fourth-order valence-corrected chi connectivity index (χ4v) is 2.08. The molecule has 1 heterocycles. The molecule has 20 heavy (non-hydrogen) atoms. The van der Waals surface area contributed by atoms with Crippen LogP contribution in [0, 0.1) is 0 Å². The molecule has 0 radical (unpaired) electrons. The van der Waals surface area contributed by atoms with Gasteiger partial charge in [-0.2, -0.15) is 0 Å². The van der Waals surface area contributed by atoms with Gasteiger partial charge in [-0.25, -0.2) is 9.78 Å². The van der Waals surface area contributed by atoms with Crippen molar-refractivity contribution in [1.82, 2.24) is 4.98 Å². The van der Waals surface area contributed by atoms with E-state index in [1.165, 1.54) is 24.5 Å². The number of nitrogens with zero attached hydrogens (tertiary/aromatic N) is 1. The van der Waals surface area contributed by atoms with Crippen molar-refractivity contribution in [3.8, 4) is 11.5 Å². The van der Waals surface area contributed by atoms with Gasteiger partial charge in [-0.15, -0.1) is 11.3 Å². The van der Waals surface area contributed by atoms with Crippen molar-refractivity contribution in [3.05, 3.63) is 46.4 Å². The van der Waals surface area contributed by atoms with Gasteiger partial charge in [-0.05, 0) is 23.8 Å². The van der Waals surface area contributed by atoms with E-state index in [0.717, 1.165) is 17.3 Å². The zero-order valence-corrected chi connectivity index (χ0v) is 11.6. The summed E-state index contributed by atoms with van der Waals surface area (Å²) < 4.78 is 10.9. The fourth-order valence-electron chi connectivity index (χ4n) is 1.54. The highest BCUT2D eigenvalue weighted by atomic mass is 32.1. The summed E-state index contributed by atoms with van der Waals surface area (Å²) in [5, 5.41) is 10.5. The number of ether oxygens (including phenoxy) is 2. The van der Waals surface area contributed by atoms with Crippen LogP contribution in [0.3, 0.4) is 0 Å². The molecule has 0 aliphatic carbocycles. The summed E-state index contributed by atoms with van der Waals surface area (Å²) in [4.78, 5) is 14.6. The normalized spacial score (nSPS) is 10.7. The molecule has 1 aromatic heterocycles. The number of hydrogen-bond acceptors (Lipinski definition) is 5. The lowest BCUT2D eigenvalue weighted by Gasteiger charge is -2.10. The molecule has 2 rings (SSSR count). The van der Waals surface area contributed by atoms with Crippen molar-refractivity contribution in [2.24, 2.45) is 0 Å². The molecule has 6 heteroatoms. The summed E-state index contributed by atoms with van der Waals surface area (Å²) in [6.45, 7) is 0.365. The molecule has 0 aliphatic heterocycles. The second kappa shape index (κ2) is 6.72. The van der Waals surface area contributed by atoms with Crippen LogP contribution >= 0.6 is 11.3 Å². The van der Waals surface area contributed by atoms with Gasteiger partial charge in [0, 0.05) is 11.5 Å². The topological polar surface area (TPSA) is 68.7 Å². The highest BCUT2D eigenvalue weighted by Gasteiger charge is 2.06. The lowest BCUT2D eigenvalue weighted by Crippen LogP contribution is -1.98. The number of methoxy groups -OCH3 is 1. The molecule has 0 atom stereocenters. The summed E-state index contributed by atoms with van der Waals surface area (Å²) in [5.74, 6) is 0.147. The zero-order valence-electron chi connectivity index (χ0n) is 10.8. The van der Waals surface area contributed by atoms with Crippen LogP contribution in [0.15, 0.2) is 35.2 Å². The van der Waals surface area contributed by atoms with Crippen LogP contribution in [0.4, 0.5) is 0 Å². The highest BCUT2D eigenvalue weighted by Crippen LogP contribution is 2.29. The van der Waals surface area contributed by atoms with Crippen molar-refractivity contribution in [3.63, 3.8) is 0 Å². The molecule has 104 valence electrons. The molecule has 0 amide bonds. The van der Waals surface area contributed by atoms with Crippen LogP contribution in [-0.4, -0.2) is 23.2 Å². The van der Waals surface area contributed by atoms with Gasteiger partial charge in [0.1, 0.15) is 6.61 Å². The molecule has 0 unspecified atom stereocenters. The Hall–Kier alpha value is -2.34. The number of rotatable bonds is 6. The van der Waals surface area contributed by atoms with Crippen LogP contribution < -0.4 is 9.47 Å². The number of hydrogen-bond donors (Lipinski definition) is 1. The SMILES string of the molecule is COc1cc(/C=C/C(=O)O)ccc1OCc1cscn1. The Labute approximate surface area is 120 Å². The van der Waals surface area contributed by atoms with E-state index in [2.05, 4.69) is 4.98 Å². The smallest absolute Gasteiger partial charge is 0.328 e. The minimum Gasteiger partial charge on any atom is -0.493 e. The first-order valence-corrected chi connectivity index (χ1v) is 6.72. The van der Waals surface area contributed by atoms with E-state index < -0.39 is 5.97 Å². The Bertz CT molecular complexity index is 608. The Kier molecular flexibility index (Phi) is 4.73. The quantitative estimate of drug-likeness (QED) is 0.829. The average molecular weight is 291 g/mol.